The summed E-state index contributed by atoms with van der Waals surface area (Å²) < 4.78 is 10.2. The van der Waals surface area contributed by atoms with Gasteiger partial charge >= 0.3 is 0 Å². The number of aromatic amines is 1. The summed E-state index contributed by atoms with van der Waals surface area (Å²) in [7, 11) is 2.92. The molecular weight excluding hydrogens is 348 g/mol. The van der Waals surface area contributed by atoms with E-state index in [2.05, 4.69) is 30.7 Å². The van der Waals surface area contributed by atoms with E-state index in [0.717, 1.165) is 10.9 Å². The van der Waals surface area contributed by atoms with Crippen LogP contribution in [0.3, 0.4) is 0 Å². The lowest BCUT2D eigenvalue weighted by molar-refractivity contribution is 0.340. The summed E-state index contributed by atoms with van der Waals surface area (Å²) in [6, 6.07) is 11.0. The standard InChI is InChI=1S/C18H16N6O3/c1-26-13-7-10(8-14(27-2)16(13)25)9-19-23-18-21-17-15(22-24-18)11-5-3-4-6-12(11)20-17/h3-9,25H,1-2H3,(H2,20,21,23,24)/b19-9+. The van der Waals surface area contributed by atoms with E-state index in [9.17, 15) is 5.11 Å². The summed E-state index contributed by atoms with van der Waals surface area (Å²) in [6.07, 6.45) is 1.53. The number of anilines is 1. The van der Waals surface area contributed by atoms with E-state index in [1.807, 2.05) is 24.3 Å². The summed E-state index contributed by atoms with van der Waals surface area (Å²) in [5.74, 6) is 0.756. The Morgan fingerprint density at radius 3 is 2.59 bits per heavy atom. The third-order valence-electron chi connectivity index (χ3n) is 4.00. The van der Waals surface area contributed by atoms with Crippen molar-refractivity contribution in [1.82, 2.24) is 20.2 Å². The molecule has 2 heterocycles. The Bertz CT molecular complexity index is 1130. The van der Waals surface area contributed by atoms with Gasteiger partial charge in [0.05, 0.1) is 20.4 Å². The summed E-state index contributed by atoms with van der Waals surface area (Å²) in [4.78, 5) is 7.58. The molecular formula is C18H16N6O3. The molecule has 0 unspecified atom stereocenters. The molecule has 9 nitrogen and oxygen atoms in total. The van der Waals surface area contributed by atoms with Crippen molar-refractivity contribution in [3.63, 3.8) is 0 Å². The van der Waals surface area contributed by atoms with E-state index in [0.29, 0.717) is 16.7 Å². The molecule has 4 aromatic rings. The van der Waals surface area contributed by atoms with Crippen molar-refractivity contribution >= 4 is 34.2 Å². The van der Waals surface area contributed by atoms with Crippen molar-refractivity contribution in [2.75, 3.05) is 19.6 Å². The molecule has 0 saturated heterocycles. The maximum atomic E-state index is 9.94. The predicted octanol–water partition coefficient (Wildman–Crippen LogP) is 2.67. The number of methoxy groups -OCH3 is 2. The van der Waals surface area contributed by atoms with E-state index >= 15 is 0 Å². The Labute approximate surface area is 153 Å². The van der Waals surface area contributed by atoms with Crippen LogP contribution in [0.1, 0.15) is 5.56 Å². The van der Waals surface area contributed by atoms with Crippen molar-refractivity contribution < 1.29 is 14.6 Å². The third-order valence-corrected chi connectivity index (χ3v) is 4.00. The second kappa shape index (κ2) is 6.79. The zero-order chi connectivity index (χ0) is 18.8. The maximum Gasteiger partial charge on any atom is 0.265 e. The fourth-order valence-electron chi connectivity index (χ4n) is 2.72. The smallest absolute Gasteiger partial charge is 0.265 e. The van der Waals surface area contributed by atoms with Crippen molar-refractivity contribution in [3.05, 3.63) is 42.0 Å². The highest BCUT2D eigenvalue weighted by Gasteiger charge is 2.11. The number of fused-ring (bicyclic) bond motifs is 3. The molecule has 0 radical (unpaired) electrons. The SMILES string of the molecule is COc1cc(/C=N/Nc2nnc3c(n2)[nH]c2ccccc23)cc(OC)c1O. The maximum absolute atomic E-state index is 9.94. The van der Waals surface area contributed by atoms with Crippen LogP contribution in [0.4, 0.5) is 5.95 Å². The summed E-state index contributed by atoms with van der Waals surface area (Å²) in [5, 5.41) is 23.3. The number of para-hydroxylation sites is 1. The third kappa shape index (κ3) is 3.06. The van der Waals surface area contributed by atoms with Gasteiger partial charge in [-0.3, -0.25) is 0 Å². The zero-order valence-electron chi connectivity index (χ0n) is 14.6. The number of phenols is 1. The van der Waals surface area contributed by atoms with Gasteiger partial charge in [0.15, 0.2) is 17.1 Å². The molecule has 0 saturated carbocycles. The van der Waals surface area contributed by atoms with Gasteiger partial charge in [-0.15, -0.1) is 10.2 Å². The predicted molar refractivity (Wildman–Crippen MR) is 102 cm³/mol. The Kier molecular flexibility index (Phi) is 4.17. The number of H-pyrrole nitrogens is 1. The van der Waals surface area contributed by atoms with Gasteiger partial charge in [-0.2, -0.15) is 10.1 Å². The van der Waals surface area contributed by atoms with Crippen LogP contribution < -0.4 is 14.9 Å². The lowest BCUT2D eigenvalue weighted by Gasteiger charge is -2.09. The van der Waals surface area contributed by atoms with Gasteiger partial charge in [-0.05, 0) is 18.2 Å². The molecule has 27 heavy (non-hydrogen) atoms. The summed E-state index contributed by atoms with van der Waals surface area (Å²) in [6.45, 7) is 0. The van der Waals surface area contributed by atoms with Gasteiger partial charge in [0.2, 0.25) is 5.75 Å². The first kappa shape index (κ1) is 16.6. The Morgan fingerprint density at radius 1 is 1.11 bits per heavy atom. The zero-order valence-corrected chi connectivity index (χ0v) is 14.6. The van der Waals surface area contributed by atoms with Gasteiger partial charge in [0.25, 0.3) is 5.95 Å². The van der Waals surface area contributed by atoms with E-state index in [4.69, 9.17) is 9.47 Å². The summed E-state index contributed by atoms with van der Waals surface area (Å²) in [5.41, 5.74) is 5.67. The number of rotatable bonds is 5. The molecule has 4 rings (SSSR count). The molecule has 2 aromatic heterocycles. The number of hydrazone groups is 1. The molecule has 0 fully saturated rings. The van der Waals surface area contributed by atoms with Gasteiger partial charge in [-0.25, -0.2) is 5.43 Å². The number of hydrogen-bond acceptors (Lipinski definition) is 8. The van der Waals surface area contributed by atoms with Crippen molar-refractivity contribution in [3.8, 4) is 17.2 Å². The molecule has 0 atom stereocenters. The lowest BCUT2D eigenvalue weighted by atomic mass is 10.2. The van der Waals surface area contributed by atoms with Crippen molar-refractivity contribution in [2.24, 2.45) is 5.10 Å². The fourth-order valence-corrected chi connectivity index (χ4v) is 2.72. The molecule has 0 spiro atoms. The van der Waals surface area contributed by atoms with Gasteiger partial charge < -0.3 is 19.6 Å². The molecule has 136 valence electrons. The van der Waals surface area contributed by atoms with Gasteiger partial charge in [0, 0.05) is 16.5 Å². The minimum absolute atomic E-state index is 0.0677. The number of aromatic nitrogens is 4. The number of aromatic hydroxyl groups is 1. The minimum atomic E-state index is -0.0677. The lowest BCUT2D eigenvalue weighted by Crippen LogP contribution is -1.99. The first-order chi connectivity index (χ1) is 13.2. The number of nitrogens with zero attached hydrogens (tertiary/aromatic N) is 4. The van der Waals surface area contributed by atoms with Crippen molar-refractivity contribution in [2.45, 2.75) is 0 Å². The number of ether oxygens (including phenoxy) is 2. The number of benzene rings is 2. The molecule has 0 amide bonds. The van der Waals surface area contributed by atoms with Gasteiger partial charge in [-0.1, -0.05) is 18.2 Å². The summed E-state index contributed by atoms with van der Waals surface area (Å²) >= 11 is 0. The van der Waals surface area contributed by atoms with E-state index in [1.54, 1.807) is 12.1 Å². The average molecular weight is 364 g/mol. The monoisotopic (exact) mass is 364 g/mol. The molecule has 9 heteroatoms. The Hall–Kier alpha value is -3.88. The molecule has 3 N–H and O–H groups in total. The second-order valence-corrected chi connectivity index (χ2v) is 5.65. The molecule has 2 aromatic carbocycles. The molecule has 0 aliphatic carbocycles. The Balaban J connectivity index is 1.58. The van der Waals surface area contributed by atoms with Crippen molar-refractivity contribution in [1.29, 1.82) is 0 Å². The molecule has 0 aliphatic heterocycles. The van der Waals surface area contributed by atoms with Crippen LogP contribution in [0.15, 0.2) is 41.5 Å². The van der Waals surface area contributed by atoms with Crippen LogP contribution in [0.2, 0.25) is 0 Å². The van der Waals surface area contributed by atoms with Crippen LogP contribution in [-0.4, -0.2) is 45.7 Å². The van der Waals surface area contributed by atoms with Crippen LogP contribution in [0.25, 0.3) is 22.1 Å². The Morgan fingerprint density at radius 2 is 1.85 bits per heavy atom. The van der Waals surface area contributed by atoms with E-state index in [1.165, 1.54) is 20.4 Å². The van der Waals surface area contributed by atoms with E-state index < -0.39 is 0 Å². The number of nitrogens with one attached hydrogen (secondary N) is 2. The van der Waals surface area contributed by atoms with E-state index in [-0.39, 0.29) is 23.2 Å². The first-order valence-electron chi connectivity index (χ1n) is 8.05. The number of hydrogen-bond donors (Lipinski definition) is 3. The van der Waals surface area contributed by atoms with Gasteiger partial charge in [0.1, 0.15) is 5.52 Å². The molecule has 0 aliphatic rings. The topological polar surface area (TPSA) is 118 Å². The van der Waals surface area contributed by atoms with Crippen LogP contribution in [0, 0.1) is 0 Å². The minimum Gasteiger partial charge on any atom is -0.502 e. The largest absolute Gasteiger partial charge is 0.502 e. The molecule has 0 bridgehead atoms. The first-order valence-corrected chi connectivity index (χ1v) is 8.05. The van der Waals surface area contributed by atoms with Crippen LogP contribution in [0.5, 0.6) is 17.2 Å². The highest BCUT2D eigenvalue weighted by atomic mass is 16.5. The highest BCUT2D eigenvalue weighted by Crippen LogP contribution is 2.36. The number of phenolic OH excluding ortho intramolecular Hbond substituents is 1. The fraction of sp³-hybridized carbons (Fsp3) is 0.111. The highest BCUT2D eigenvalue weighted by molar-refractivity contribution is 6.03. The second-order valence-electron chi connectivity index (χ2n) is 5.65. The average Bonchev–Trinajstić information content (AvgIpc) is 3.06. The normalized spacial score (nSPS) is 11.3. The quantitative estimate of drug-likeness (QED) is 0.368. The van der Waals surface area contributed by atoms with Crippen LogP contribution >= 0.6 is 0 Å². The van der Waals surface area contributed by atoms with Crippen LogP contribution in [-0.2, 0) is 0 Å².